The fourth-order valence-corrected chi connectivity index (χ4v) is 2.40. The van der Waals surface area contributed by atoms with E-state index in [0.717, 1.165) is 19.0 Å². The lowest BCUT2D eigenvalue weighted by Crippen LogP contribution is -2.24. The molecule has 1 N–H and O–H groups in total. The monoisotopic (exact) mass is 247 g/mol. The van der Waals surface area contributed by atoms with Crippen LogP contribution in [0, 0.1) is 5.92 Å². The molecule has 1 nitrogen and oxygen atoms in total. The molecule has 0 aliphatic carbocycles. The van der Waals surface area contributed by atoms with Gasteiger partial charge in [-0.05, 0) is 48.9 Å². The van der Waals surface area contributed by atoms with Gasteiger partial charge in [-0.15, -0.1) is 0 Å². The molecular weight excluding hydrogens is 218 g/mol. The van der Waals surface area contributed by atoms with E-state index in [-0.39, 0.29) is 0 Å². The first-order valence-corrected chi connectivity index (χ1v) is 7.46. The van der Waals surface area contributed by atoms with E-state index in [4.69, 9.17) is 0 Å². The first-order valence-electron chi connectivity index (χ1n) is 7.46. The van der Waals surface area contributed by atoms with Crippen LogP contribution in [0.1, 0.15) is 57.6 Å². The fourth-order valence-electron chi connectivity index (χ4n) is 2.40. The van der Waals surface area contributed by atoms with Crippen molar-refractivity contribution in [3.8, 4) is 0 Å². The Balaban J connectivity index is 2.56. The smallest absolute Gasteiger partial charge is 0.00175 e. The minimum atomic E-state index is 0.632. The molecule has 0 saturated heterocycles. The molecule has 18 heavy (non-hydrogen) atoms. The molecule has 1 heteroatoms. The highest BCUT2D eigenvalue weighted by Gasteiger charge is 2.08. The molecule has 0 aliphatic heterocycles. The Labute approximate surface area is 113 Å². The maximum atomic E-state index is 3.48. The van der Waals surface area contributed by atoms with Gasteiger partial charge in [0.15, 0.2) is 0 Å². The van der Waals surface area contributed by atoms with Crippen LogP contribution in [-0.2, 0) is 6.42 Å². The van der Waals surface area contributed by atoms with E-state index in [9.17, 15) is 0 Å². The van der Waals surface area contributed by atoms with Crippen LogP contribution in [-0.4, -0.2) is 13.1 Å². The second kappa shape index (κ2) is 8.31. The van der Waals surface area contributed by atoms with Gasteiger partial charge in [0.2, 0.25) is 0 Å². The molecule has 0 heterocycles. The van der Waals surface area contributed by atoms with Crippen molar-refractivity contribution in [3.05, 3.63) is 35.4 Å². The molecule has 0 saturated carbocycles. The van der Waals surface area contributed by atoms with Gasteiger partial charge in [-0.25, -0.2) is 0 Å². The van der Waals surface area contributed by atoms with Gasteiger partial charge in [0.25, 0.3) is 0 Å². The third-order valence-electron chi connectivity index (χ3n) is 3.55. The largest absolute Gasteiger partial charge is 0.317 e. The molecule has 0 spiro atoms. The highest BCUT2D eigenvalue weighted by atomic mass is 14.8. The van der Waals surface area contributed by atoms with Crippen molar-refractivity contribution in [1.29, 1.82) is 0 Å². The van der Waals surface area contributed by atoms with Gasteiger partial charge in [-0.2, -0.15) is 0 Å². The van der Waals surface area contributed by atoms with Crippen LogP contribution in [0.5, 0.6) is 0 Å². The van der Waals surface area contributed by atoms with Crippen molar-refractivity contribution in [2.45, 2.75) is 52.9 Å². The Morgan fingerprint density at radius 1 is 1.06 bits per heavy atom. The zero-order valence-electron chi connectivity index (χ0n) is 12.5. The lowest BCUT2D eigenvalue weighted by molar-refractivity contribution is 0.444. The molecule has 1 rings (SSSR count). The molecule has 1 unspecified atom stereocenters. The van der Waals surface area contributed by atoms with Gasteiger partial charge in [0.05, 0.1) is 0 Å². The molecule has 0 fully saturated rings. The van der Waals surface area contributed by atoms with Crippen molar-refractivity contribution >= 4 is 0 Å². The Kier molecular flexibility index (Phi) is 7.04. The topological polar surface area (TPSA) is 12.0 Å². The predicted molar refractivity (Wildman–Crippen MR) is 81.2 cm³/mol. The molecule has 102 valence electrons. The second-order valence-electron chi connectivity index (χ2n) is 5.56. The summed E-state index contributed by atoms with van der Waals surface area (Å²) < 4.78 is 0. The van der Waals surface area contributed by atoms with Gasteiger partial charge in [-0.1, -0.05) is 58.4 Å². The van der Waals surface area contributed by atoms with Gasteiger partial charge >= 0.3 is 0 Å². The number of hydrogen-bond acceptors (Lipinski definition) is 1. The van der Waals surface area contributed by atoms with Crippen LogP contribution in [0.15, 0.2) is 24.3 Å². The van der Waals surface area contributed by atoms with Crippen molar-refractivity contribution in [1.82, 2.24) is 5.32 Å². The second-order valence-corrected chi connectivity index (χ2v) is 5.56. The van der Waals surface area contributed by atoms with Crippen molar-refractivity contribution in [2.24, 2.45) is 5.92 Å². The summed E-state index contributed by atoms with van der Waals surface area (Å²) in [7, 11) is 0. The van der Waals surface area contributed by atoms with E-state index >= 15 is 0 Å². The fraction of sp³-hybridized carbons (Fsp3) is 0.647. The van der Waals surface area contributed by atoms with Gasteiger partial charge in [0, 0.05) is 0 Å². The maximum absolute atomic E-state index is 3.48. The summed E-state index contributed by atoms with van der Waals surface area (Å²) in [6.45, 7) is 11.2. The summed E-state index contributed by atoms with van der Waals surface area (Å²) in [5.41, 5.74) is 2.92. The normalized spacial score (nSPS) is 12.9. The van der Waals surface area contributed by atoms with Crippen molar-refractivity contribution in [2.75, 3.05) is 13.1 Å². The molecular formula is C17H29N. The van der Waals surface area contributed by atoms with E-state index in [1.165, 1.54) is 30.4 Å². The Hall–Kier alpha value is -0.820. The predicted octanol–water partition coefficient (Wildman–Crippen LogP) is 4.38. The van der Waals surface area contributed by atoms with Gasteiger partial charge in [-0.3, -0.25) is 0 Å². The minimum Gasteiger partial charge on any atom is -0.317 e. The van der Waals surface area contributed by atoms with E-state index in [1.54, 1.807) is 0 Å². The van der Waals surface area contributed by atoms with Gasteiger partial charge < -0.3 is 5.32 Å². The van der Waals surface area contributed by atoms with Gasteiger partial charge in [0.1, 0.15) is 0 Å². The Morgan fingerprint density at radius 2 is 1.72 bits per heavy atom. The van der Waals surface area contributed by atoms with Crippen molar-refractivity contribution in [3.63, 3.8) is 0 Å². The first kappa shape index (κ1) is 15.2. The minimum absolute atomic E-state index is 0.632. The van der Waals surface area contributed by atoms with Crippen LogP contribution in [0.2, 0.25) is 0 Å². The molecule has 1 atom stereocenters. The molecule has 0 aromatic heterocycles. The van der Waals surface area contributed by atoms with E-state index in [0.29, 0.717) is 5.92 Å². The van der Waals surface area contributed by atoms with E-state index < -0.39 is 0 Å². The molecule has 0 radical (unpaired) electrons. The number of rotatable bonds is 8. The summed E-state index contributed by atoms with van der Waals surface area (Å²) >= 11 is 0. The number of benzene rings is 1. The molecule has 0 bridgehead atoms. The molecule has 1 aromatic rings. The zero-order valence-corrected chi connectivity index (χ0v) is 12.5. The summed E-state index contributed by atoms with van der Waals surface area (Å²) in [5.74, 6) is 1.41. The van der Waals surface area contributed by atoms with Crippen molar-refractivity contribution < 1.29 is 0 Å². The van der Waals surface area contributed by atoms with Crippen LogP contribution in [0.4, 0.5) is 0 Å². The average Bonchev–Trinajstić information content (AvgIpc) is 2.37. The molecule has 0 amide bonds. The Bertz CT molecular complexity index is 313. The number of hydrogen-bond donors (Lipinski definition) is 1. The van der Waals surface area contributed by atoms with Crippen LogP contribution < -0.4 is 5.32 Å². The Morgan fingerprint density at radius 3 is 2.22 bits per heavy atom. The third kappa shape index (κ3) is 5.22. The first-order chi connectivity index (χ1) is 8.67. The molecule has 0 aliphatic rings. The number of nitrogens with one attached hydrogen (secondary N) is 1. The zero-order chi connectivity index (χ0) is 13.4. The standard InChI is InChI=1S/C17H29N/c1-5-7-16(13-18-6-2)12-15-8-10-17(11-9-15)14(3)4/h8-11,14,16,18H,5-7,12-13H2,1-4H3. The van der Waals surface area contributed by atoms with Crippen LogP contribution in [0.3, 0.4) is 0 Å². The SMILES string of the molecule is CCCC(CNCC)Cc1ccc(C(C)C)cc1. The van der Waals surface area contributed by atoms with Crippen LogP contribution in [0.25, 0.3) is 0 Å². The van der Waals surface area contributed by atoms with E-state index in [2.05, 4.69) is 57.3 Å². The third-order valence-corrected chi connectivity index (χ3v) is 3.55. The summed E-state index contributed by atoms with van der Waals surface area (Å²) in [4.78, 5) is 0. The average molecular weight is 247 g/mol. The summed E-state index contributed by atoms with van der Waals surface area (Å²) in [5, 5.41) is 3.48. The lowest BCUT2D eigenvalue weighted by atomic mass is 9.93. The van der Waals surface area contributed by atoms with E-state index in [1.807, 2.05) is 0 Å². The summed E-state index contributed by atoms with van der Waals surface area (Å²) in [6.07, 6.45) is 3.80. The summed E-state index contributed by atoms with van der Waals surface area (Å²) in [6, 6.07) is 9.19. The quantitative estimate of drug-likeness (QED) is 0.719. The molecule has 1 aromatic carbocycles. The maximum Gasteiger partial charge on any atom is -0.00175 e. The van der Waals surface area contributed by atoms with Crippen LogP contribution >= 0.6 is 0 Å². The highest BCUT2D eigenvalue weighted by Crippen LogP contribution is 2.18. The lowest BCUT2D eigenvalue weighted by Gasteiger charge is -2.17. The highest BCUT2D eigenvalue weighted by molar-refractivity contribution is 5.25.